The zero-order valence-electron chi connectivity index (χ0n) is 7.93. The Bertz CT molecular complexity index is 93.7. The van der Waals surface area contributed by atoms with Crippen LogP contribution < -0.4 is 5.32 Å². The molecule has 0 fully saturated rings. The summed E-state index contributed by atoms with van der Waals surface area (Å²) in [7, 11) is 1.79. The summed E-state index contributed by atoms with van der Waals surface area (Å²) in [6, 6.07) is 0.633. The van der Waals surface area contributed by atoms with Gasteiger partial charge in [0.2, 0.25) is 0 Å². The van der Waals surface area contributed by atoms with Crippen LogP contribution >= 0.6 is 0 Å². The standard InChI is InChI=1S/C9H20N2/c1-4-6-9(7-5-2)11-8-10-3/h8-9H,4-7H2,1-3H3,(H,10,11). The minimum atomic E-state index is 0.633. The van der Waals surface area contributed by atoms with E-state index in [1.165, 1.54) is 25.7 Å². The lowest BCUT2D eigenvalue weighted by Crippen LogP contribution is -2.27. The van der Waals surface area contributed by atoms with E-state index in [0.29, 0.717) is 6.04 Å². The smallest absolute Gasteiger partial charge is 0.0822 e. The average molecular weight is 156 g/mol. The molecule has 0 aromatic heterocycles. The minimum absolute atomic E-state index is 0.633. The number of aliphatic imine (C=N–C) groups is 1. The van der Waals surface area contributed by atoms with E-state index < -0.39 is 0 Å². The van der Waals surface area contributed by atoms with Gasteiger partial charge in [-0.2, -0.15) is 0 Å². The van der Waals surface area contributed by atoms with Crippen molar-refractivity contribution >= 4 is 6.34 Å². The highest BCUT2D eigenvalue weighted by Crippen LogP contribution is 2.02. The van der Waals surface area contributed by atoms with E-state index >= 15 is 0 Å². The molecule has 0 rings (SSSR count). The summed E-state index contributed by atoms with van der Waals surface area (Å²) in [6.45, 7) is 4.43. The third-order valence-corrected chi connectivity index (χ3v) is 1.71. The van der Waals surface area contributed by atoms with Crippen LogP contribution in [0.15, 0.2) is 4.99 Å². The van der Waals surface area contributed by atoms with Gasteiger partial charge in [0.05, 0.1) is 6.34 Å². The normalized spacial score (nSPS) is 11.3. The fourth-order valence-electron chi connectivity index (χ4n) is 1.19. The highest BCUT2D eigenvalue weighted by Gasteiger charge is 2.01. The second-order valence-electron chi connectivity index (χ2n) is 2.83. The summed E-state index contributed by atoms with van der Waals surface area (Å²) in [6.07, 6.45) is 6.79. The molecule has 66 valence electrons. The molecule has 0 saturated heterocycles. The summed E-state index contributed by atoms with van der Waals surface area (Å²) in [5, 5.41) is 3.28. The zero-order chi connectivity index (χ0) is 8.53. The van der Waals surface area contributed by atoms with Crippen LogP contribution in [0.4, 0.5) is 0 Å². The summed E-state index contributed by atoms with van der Waals surface area (Å²) in [5.74, 6) is 0. The molecule has 0 radical (unpaired) electrons. The Balaban J connectivity index is 3.50. The van der Waals surface area contributed by atoms with E-state index in [1.54, 1.807) is 13.4 Å². The van der Waals surface area contributed by atoms with Crippen LogP contribution in [-0.4, -0.2) is 19.4 Å². The Morgan fingerprint density at radius 1 is 1.27 bits per heavy atom. The molecule has 0 heterocycles. The lowest BCUT2D eigenvalue weighted by Gasteiger charge is -2.14. The lowest BCUT2D eigenvalue weighted by molar-refractivity contribution is 0.513. The van der Waals surface area contributed by atoms with Crippen molar-refractivity contribution in [3.8, 4) is 0 Å². The van der Waals surface area contributed by atoms with Gasteiger partial charge >= 0.3 is 0 Å². The van der Waals surface area contributed by atoms with Crippen molar-refractivity contribution in [2.45, 2.75) is 45.6 Å². The SMILES string of the molecule is CCCC(CCC)NC=NC. The lowest BCUT2D eigenvalue weighted by atomic mass is 10.1. The molecule has 0 amide bonds. The maximum atomic E-state index is 3.90. The molecule has 2 heteroatoms. The largest absolute Gasteiger partial charge is 0.374 e. The maximum absolute atomic E-state index is 3.90. The molecule has 0 unspecified atom stereocenters. The van der Waals surface area contributed by atoms with Gasteiger partial charge in [-0.1, -0.05) is 26.7 Å². The van der Waals surface area contributed by atoms with Crippen molar-refractivity contribution in [2.75, 3.05) is 7.05 Å². The third kappa shape index (κ3) is 5.89. The van der Waals surface area contributed by atoms with Gasteiger partial charge in [-0.25, -0.2) is 0 Å². The van der Waals surface area contributed by atoms with Gasteiger partial charge < -0.3 is 5.32 Å². The number of hydrogen-bond donors (Lipinski definition) is 1. The van der Waals surface area contributed by atoms with E-state index in [4.69, 9.17) is 0 Å². The molecule has 0 aliphatic heterocycles. The Labute approximate surface area is 70.1 Å². The predicted molar refractivity (Wildman–Crippen MR) is 51.2 cm³/mol. The first-order valence-corrected chi connectivity index (χ1v) is 4.51. The van der Waals surface area contributed by atoms with Crippen LogP contribution in [0, 0.1) is 0 Å². The first-order valence-electron chi connectivity index (χ1n) is 4.51. The second kappa shape index (κ2) is 7.58. The Hall–Kier alpha value is -0.530. The molecule has 2 nitrogen and oxygen atoms in total. The van der Waals surface area contributed by atoms with Crippen molar-refractivity contribution < 1.29 is 0 Å². The number of hydrogen-bond acceptors (Lipinski definition) is 1. The summed E-state index contributed by atoms with van der Waals surface area (Å²) >= 11 is 0. The molecule has 0 spiro atoms. The highest BCUT2D eigenvalue weighted by atomic mass is 15.0. The fourth-order valence-corrected chi connectivity index (χ4v) is 1.19. The molecule has 0 aliphatic rings. The van der Waals surface area contributed by atoms with Gasteiger partial charge in [-0.15, -0.1) is 0 Å². The van der Waals surface area contributed by atoms with Crippen molar-refractivity contribution in [3.05, 3.63) is 0 Å². The van der Waals surface area contributed by atoms with Crippen LogP contribution in [0.5, 0.6) is 0 Å². The molecular formula is C9H20N2. The van der Waals surface area contributed by atoms with Gasteiger partial charge in [0.1, 0.15) is 0 Å². The average Bonchev–Trinajstić information content (AvgIpc) is 2.01. The molecular weight excluding hydrogens is 136 g/mol. The van der Waals surface area contributed by atoms with Gasteiger partial charge in [0.25, 0.3) is 0 Å². The number of nitrogens with one attached hydrogen (secondary N) is 1. The van der Waals surface area contributed by atoms with E-state index in [0.717, 1.165) is 0 Å². The second-order valence-corrected chi connectivity index (χ2v) is 2.83. The van der Waals surface area contributed by atoms with Gasteiger partial charge in [0, 0.05) is 13.1 Å². The van der Waals surface area contributed by atoms with Crippen LogP contribution in [0.1, 0.15) is 39.5 Å². The van der Waals surface area contributed by atoms with Crippen LogP contribution in [0.25, 0.3) is 0 Å². The van der Waals surface area contributed by atoms with Crippen LogP contribution in [0.2, 0.25) is 0 Å². The topological polar surface area (TPSA) is 24.4 Å². The van der Waals surface area contributed by atoms with Gasteiger partial charge in [0.15, 0.2) is 0 Å². The summed E-state index contributed by atoms with van der Waals surface area (Å²) < 4.78 is 0. The van der Waals surface area contributed by atoms with Crippen molar-refractivity contribution in [3.63, 3.8) is 0 Å². The highest BCUT2D eigenvalue weighted by molar-refractivity contribution is 5.54. The van der Waals surface area contributed by atoms with Crippen molar-refractivity contribution in [1.82, 2.24) is 5.32 Å². The van der Waals surface area contributed by atoms with Gasteiger partial charge in [-0.05, 0) is 12.8 Å². The Morgan fingerprint density at radius 3 is 2.18 bits per heavy atom. The molecule has 0 aromatic carbocycles. The summed E-state index contributed by atoms with van der Waals surface area (Å²) in [5.41, 5.74) is 0. The molecule has 0 aromatic rings. The molecule has 0 aliphatic carbocycles. The van der Waals surface area contributed by atoms with E-state index in [2.05, 4.69) is 24.2 Å². The van der Waals surface area contributed by atoms with Gasteiger partial charge in [-0.3, -0.25) is 4.99 Å². The fraction of sp³-hybridized carbons (Fsp3) is 0.889. The first-order chi connectivity index (χ1) is 5.35. The van der Waals surface area contributed by atoms with Crippen molar-refractivity contribution in [1.29, 1.82) is 0 Å². The number of nitrogens with zero attached hydrogens (tertiary/aromatic N) is 1. The monoisotopic (exact) mass is 156 g/mol. The Kier molecular flexibility index (Phi) is 7.21. The van der Waals surface area contributed by atoms with E-state index in [9.17, 15) is 0 Å². The first kappa shape index (κ1) is 10.5. The molecule has 0 atom stereocenters. The van der Waals surface area contributed by atoms with Crippen molar-refractivity contribution in [2.24, 2.45) is 4.99 Å². The quantitative estimate of drug-likeness (QED) is 0.463. The molecule has 1 N–H and O–H groups in total. The third-order valence-electron chi connectivity index (χ3n) is 1.71. The van der Waals surface area contributed by atoms with E-state index in [1.807, 2.05) is 0 Å². The predicted octanol–water partition coefficient (Wildman–Crippen LogP) is 2.20. The summed E-state index contributed by atoms with van der Waals surface area (Å²) in [4.78, 5) is 3.90. The van der Waals surface area contributed by atoms with E-state index in [-0.39, 0.29) is 0 Å². The maximum Gasteiger partial charge on any atom is 0.0822 e. The Morgan fingerprint density at radius 2 is 1.82 bits per heavy atom. The zero-order valence-corrected chi connectivity index (χ0v) is 7.93. The van der Waals surface area contributed by atoms with Crippen LogP contribution in [-0.2, 0) is 0 Å². The molecule has 11 heavy (non-hydrogen) atoms. The molecule has 0 bridgehead atoms. The van der Waals surface area contributed by atoms with Crippen LogP contribution in [0.3, 0.4) is 0 Å². The number of rotatable bonds is 6. The molecule has 0 saturated carbocycles. The minimum Gasteiger partial charge on any atom is -0.374 e.